The maximum Gasteiger partial charge on any atom is 0.123 e. The van der Waals surface area contributed by atoms with Gasteiger partial charge in [0.05, 0.1) is 7.11 Å². The van der Waals surface area contributed by atoms with Crippen molar-refractivity contribution in [2.45, 2.75) is 32.2 Å². The van der Waals surface area contributed by atoms with Gasteiger partial charge in [-0.15, -0.1) is 0 Å². The van der Waals surface area contributed by atoms with Crippen LogP contribution in [-0.4, -0.2) is 7.11 Å². The number of aryl methyl sites for hydroxylation is 1. The molecule has 2 rings (SSSR count). The molecular formula is C13H19NO. The molecule has 0 aromatic heterocycles. The molecule has 0 heterocycles. The summed E-state index contributed by atoms with van der Waals surface area (Å²) in [4.78, 5) is 0. The van der Waals surface area contributed by atoms with Gasteiger partial charge in [0, 0.05) is 11.6 Å². The lowest BCUT2D eigenvalue weighted by Gasteiger charge is -2.32. The standard InChI is InChI=1S/C13H19NO/c1-9-6-7-12(15-2)11(8-9)13(14)10-4-3-5-10/h6-8,10,13H,3-5,14H2,1-2H3. The van der Waals surface area contributed by atoms with Gasteiger partial charge in [0.2, 0.25) is 0 Å². The van der Waals surface area contributed by atoms with Crippen molar-refractivity contribution in [1.29, 1.82) is 0 Å². The molecule has 1 aliphatic rings. The average molecular weight is 205 g/mol. The highest BCUT2D eigenvalue weighted by atomic mass is 16.5. The van der Waals surface area contributed by atoms with Crippen molar-refractivity contribution in [1.82, 2.24) is 0 Å². The van der Waals surface area contributed by atoms with Crippen LogP contribution in [0.25, 0.3) is 0 Å². The van der Waals surface area contributed by atoms with Crippen LogP contribution in [0.5, 0.6) is 5.75 Å². The molecule has 1 saturated carbocycles. The Morgan fingerprint density at radius 3 is 2.67 bits per heavy atom. The first-order valence-corrected chi connectivity index (χ1v) is 5.62. The maximum atomic E-state index is 6.27. The minimum absolute atomic E-state index is 0.147. The Bertz CT molecular complexity index is 344. The molecule has 15 heavy (non-hydrogen) atoms. The summed E-state index contributed by atoms with van der Waals surface area (Å²) in [5, 5.41) is 0. The van der Waals surface area contributed by atoms with E-state index in [0.717, 1.165) is 5.75 Å². The maximum absolute atomic E-state index is 6.27. The van der Waals surface area contributed by atoms with Crippen molar-refractivity contribution in [2.24, 2.45) is 11.7 Å². The second-order valence-electron chi connectivity index (χ2n) is 4.46. The van der Waals surface area contributed by atoms with Crippen LogP contribution >= 0.6 is 0 Å². The van der Waals surface area contributed by atoms with Crippen LogP contribution in [0.1, 0.15) is 36.4 Å². The lowest BCUT2D eigenvalue weighted by Crippen LogP contribution is -2.27. The third-order valence-corrected chi connectivity index (χ3v) is 3.40. The molecule has 1 aromatic carbocycles. The monoisotopic (exact) mass is 205 g/mol. The van der Waals surface area contributed by atoms with E-state index in [2.05, 4.69) is 19.1 Å². The fraction of sp³-hybridized carbons (Fsp3) is 0.538. The summed E-state index contributed by atoms with van der Waals surface area (Å²) in [6, 6.07) is 6.38. The number of hydrogen-bond donors (Lipinski definition) is 1. The Morgan fingerprint density at radius 2 is 2.13 bits per heavy atom. The highest BCUT2D eigenvalue weighted by molar-refractivity contribution is 5.39. The molecule has 2 nitrogen and oxygen atoms in total. The molecule has 2 heteroatoms. The summed E-state index contributed by atoms with van der Waals surface area (Å²) in [5.41, 5.74) is 8.68. The number of rotatable bonds is 3. The summed E-state index contributed by atoms with van der Waals surface area (Å²) < 4.78 is 5.36. The third kappa shape index (κ3) is 2.00. The molecule has 0 amide bonds. The third-order valence-electron chi connectivity index (χ3n) is 3.40. The van der Waals surface area contributed by atoms with E-state index in [1.165, 1.54) is 30.4 Å². The molecule has 0 radical (unpaired) electrons. The van der Waals surface area contributed by atoms with Crippen molar-refractivity contribution in [3.63, 3.8) is 0 Å². The lowest BCUT2D eigenvalue weighted by atomic mass is 9.77. The van der Waals surface area contributed by atoms with Crippen LogP contribution in [0.4, 0.5) is 0 Å². The van der Waals surface area contributed by atoms with Crippen molar-refractivity contribution in [3.05, 3.63) is 29.3 Å². The molecule has 1 aromatic rings. The minimum Gasteiger partial charge on any atom is -0.496 e. The van der Waals surface area contributed by atoms with Gasteiger partial charge in [-0.25, -0.2) is 0 Å². The summed E-state index contributed by atoms with van der Waals surface area (Å²) in [7, 11) is 1.71. The Labute approximate surface area is 91.4 Å². The van der Waals surface area contributed by atoms with Gasteiger partial charge >= 0.3 is 0 Å². The largest absolute Gasteiger partial charge is 0.496 e. The molecule has 0 aliphatic heterocycles. The minimum atomic E-state index is 0.147. The Morgan fingerprint density at radius 1 is 1.40 bits per heavy atom. The van der Waals surface area contributed by atoms with Crippen molar-refractivity contribution < 1.29 is 4.74 Å². The molecule has 82 valence electrons. The summed E-state index contributed by atoms with van der Waals surface area (Å²) in [6.07, 6.45) is 3.85. The van der Waals surface area contributed by atoms with E-state index in [9.17, 15) is 0 Å². The van der Waals surface area contributed by atoms with Crippen LogP contribution in [0.3, 0.4) is 0 Å². The predicted octanol–water partition coefficient (Wildman–Crippen LogP) is 2.80. The van der Waals surface area contributed by atoms with Gasteiger partial charge in [0.25, 0.3) is 0 Å². The van der Waals surface area contributed by atoms with E-state index in [1.54, 1.807) is 7.11 Å². The average Bonchev–Trinajstić information content (AvgIpc) is 2.15. The normalized spacial score (nSPS) is 18.3. The summed E-state index contributed by atoms with van der Waals surface area (Å²) >= 11 is 0. The Kier molecular flexibility index (Phi) is 2.96. The van der Waals surface area contributed by atoms with Gasteiger partial charge < -0.3 is 10.5 Å². The zero-order valence-corrected chi connectivity index (χ0v) is 9.49. The molecule has 0 saturated heterocycles. The fourth-order valence-electron chi connectivity index (χ4n) is 2.17. The first-order valence-electron chi connectivity index (χ1n) is 5.62. The van der Waals surface area contributed by atoms with E-state index in [1.807, 2.05) is 6.07 Å². The fourth-order valence-corrected chi connectivity index (χ4v) is 2.17. The predicted molar refractivity (Wildman–Crippen MR) is 62.0 cm³/mol. The number of nitrogens with two attached hydrogens (primary N) is 1. The first-order chi connectivity index (χ1) is 7.22. The van der Waals surface area contributed by atoms with Gasteiger partial charge in [0.1, 0.15) is 5.75 Å². The van der Waals surface area contributed by atoms with E-state index < -0.39 is 0 Å². The van der Waals surface area contributed by atoms with Gasteiger partial charge in [-0.1, -0.05) is 24.1 Å². The van der Waals surface area contributed by atoms with E-state index in [-0.39, 0.29) is 6.04 Å². The van der Waals surface area contributed by atoms with Gasteiger partial charge in [-0.2, -0.15) is 0 Å². The van der Waals surface area contributed by atoms with Crippen LogP contribution in [-0.2, 0) is 0 Å². The summed E-state index contributed by atoms with van der Waals surface area (Å²) in [5.74, 6) is 1.58. The van der Waals surface area contributed by atoms with Crippen LogP contribution in [0, 0.1) is 12.8 Å². The van der Waals surface area contributed by atoms with Gasteiger partial charge in [-0.3, -0.25) is 0 Å². The van der Waals surface area contributed by atoms with Crippen LogP contribution < -0.4 is 10.5 Å². The first kappa shape index (κ1) is 10.5. The number of benzene rings is 1. The van der Waals surface area contributed by atoms with Crippen molar-refractivity contribution in [2.75, 3.05) is 7.11 Å². The SMILES string of the molecule is COc1ccc(C)cc1C(N)C1CCC1. The number of ether oxygens (including phenoxy) is 1. The molecule has 0 spiro atoms. The zero-order chi connectivity index (χ0) is 10.8. The molecule has 1 unspecified atom stereocenters. The molecule has 1 aliphatic carbocycles. The van der Waals surface area contributed by atoms with Crippen molar-refractivity contribution >= 4 is 0 Å². The van der Waals surface area contributed by atoms with Crippen molar-refractivity contribution in [3.8, 4) is 5.75 Å². The Balaban J connectivity index is 2.27. The van der Waals surface area contributed by atoms with Crippen LogP contribution in [0.15, 0.2) is 18.2 Å². The molecule has 0 bridgehead atoms. The van der Waals surface area contributed by atoms with Gasteiger partial charge in [-0.05, 0) is 31.7 Å². The number of hydrogen-bond acceptors (Lipinski definition) is 2. The number of methoxy groups -OCH3 is 1. The molecule has 2 N–H and O–H groups in total. The Hall–Kier alpha value is -1.02. The second-order valence-corrected chi connectivity index (χ2v) is 4.46. The van der Waals surface area contributed by atoms with E-state index in [0.29, 0.717) is 5.92 Å². The quantitative estimate of drug-likeness (QED) is 0.823. The lowest BCUT2D eigenvalue weighted by molar-refractivity contribution is 0.259. The molecule has 1 fully saturated rings. The summed E-state index contributed by atoms with van der Waals surface area (Å²) in [6.45, 7) is 2.09. The van der Waals surface area contributed by atoms with Gasteiger partial charge in [0.15, 0.2) is 0 Å². The molecule has 1 atom stereocenters. The smallest absolute Gasteiger partial charge is 0.123 e. The highest BCUT2D eigenvalue weighted by Crippen LogP contribution is 2.39. The van der Waals surface area contributed by atoms with E-state index >= 15 is 0 Å². The topological polar surface area (TPSA) is 35.2 Å². The zero-order valence-electron chi connectivity index (χ0n) is 9.49. The van der Waals surface area contributed by atoms with E-state index in [4.69, 9.17) is 10.5 Å². The highest BCUT2D eigenvalue weighted by Gasteiger charge is 2.27. The second kappa shape index (κ2) is 4.23. The molecular weight excluding hydrogens is 186 g/mol. The van der Waals surface area contributed by atoms with Crippen LogP contribution in [0.2, 0.25) is 0 Å².